The molecule has 0 N–H and O–H groups in total. The average molecular weight is 254 g/mol. The lowest BCUT2D eigenvalue weighted by Crippen LogP contribution is -2.49. The van der Waals surface area contributed by atoms with Crippen LogP contribution >= 0.6 is 0 Å². The van der Waals surface area contributed by atoms with Gasteiger partial charge in [0.1, 0.15) is 0 Å². The normalized spacial score (nSPS) is 24.1. The number of nitrogens with zero attached hydrogens (tertiary/aromatic N) is 2. The van der Waals surface area contributed by atoms with E-state index in [9.17, 15) is 4.79 Å². The first-order valence-corrected chi connectivity index (χ1v) is 7.45. The molecule has 0 spiro atoms. The van der Waals surface area contributed by atoms with Crippen molar-refractivity contribution >= 4 is 5.97 Å². The highest BCUT2D eigenvalue weighted by molar-refractivity contribution is 5.69. The molecule has 2 heterocycles. The number of ether oxygens (including phenoxy) is 1. The van der Waals surface area contributed by atoms with E-state index in [-0.39, 0.29) is 5.97 Å². The van der Waals surface area contributed by atoms with Crippen molar-refractivity contribution in [1.82, 2.24) is 10.0 Å². The molecule has 0 aromatic heterocycles. The van der Waals surface area contributed by atoms with Crippen molar-refractivity contribution in [2.75, 3.05) is 32.8 Å². The van der Waals surface area contributed by atoms with E-state index in [0.29, 0.717) is 18.9 Å². The lowest BCUT2D eigenvalue weighted by Gasteiger charge is -2.41. The van der Waals surface area contributed by atoms with E-state index in [0.717, 1.165) is 25.9 Å². The summed E-state index contributed by atoms with van der Waals surface area (Å²) in [5.74, 6) is 0.513. The first kappa shape index (κ1) is 13.8. The highest BCUT2D eigenvalue weighted by Gasteiger charge is 2.25. The van der Waals surface area contributed by atoms with E-state index in [2.05, 4.69) is 10.0 Å². The molecule has 0 aliphatic carbocycles. The summed E-state index contributed by atoms with van der Waals surface area (Å²) >= 11 is 0. The molecular formula is C14H26N2O2. The van der Waals surface area contributed by atoms with E-state index in [1.54, 1.807) is 0 Å². The van der Waals surface area contributed by atoms with Gasteiger partial charge in [0.15, 0.2) is 0 Å². The zero-order valence-corrected chi connectivity index (χ0v) is 11.6. The van der Waals surface area contributed by atoms with Gasteiger partial charge in [-0.1, -0.05) is 6.42 Å². The molecule has 0 amide bonds. The lowest BCUT2D eigenvalue weighted by atomic mass is 9.94. The maximum atomic E-state index is 11.4. The molecule has 2 rings (SSSR count). The second kappa shape index (κ2) is 7.10. The van der Waals surface area contributed by atoms with Gasteiger partial charge in [0.05, 0.1) is 6.61 Å². The van der Waals surface area contributed by atoms with Crippen molar-refractivity contribution in [1.29, 1.82) is 0 Å². The molecule has 4 heteroatoms. The first-order chi connectivity index (χ1) is 8.79. The number of hydrazine groups is 1. The van der Waals surface area contributed by atoms with Crippen LogP contribution in [0.4, 0.5) is 0 Å². The SMILES string of the molecule is CCOC(=O)CC1CCN(N2CCCCC2)CC1. The van der Waals surface area contributed by atoms with E-state index in [4.69, 9.17) is 4.74 Å². The zero-order chi connectivity index (χ0) is 12.8. The molecule has 2 fully saturated rings. The van der Waals surface area contributed by atoms with Crippen LogP contribution in [-0.2, 0) is 9.53 Å². The Labute approximate surface area is 110 Å². The lowest BCUT2D eigenvalue weighted by molar-refractivity contribution is -0.145. The molecule has 104 valence electrons. The Morgan fingerprint density at radius 1 is 1.06 bits per heavy atom. The second-order valence-corrected chi connectivity index (χ2v) is 5.42. The second-order valence-electron chi connectivity index (χ2n) is 5.42. The van der Waals surface area contributed by atoms with Gasteiger partial charge in [-0.25, -0.2) is 10.0 Å². The van der Waals surface area contributed by atoms with Gasteiger partial charge in [-0.2, -0.15) is 0 Å². The Balaban J connectivity index is 1.69. The number of hydrogen-bond donors (Lipinski definition) is 0. The van der Waals surface area contributed by atoms with Gasteiger partial charge in [0, 0.05) is 32.6 Å². The van der Waals surface area contributed by atoms with Crippen LogP contribution in [0.1, 0.15) is 45.4 Å². The van der Waals surface area contributed by atoms with Crippen molar-refractivity contribution in [3.05, 3.63) is 0 Å². The number of hydrogen-bond acceptors (Lipinski definition) is 4. The maximum Gasteiger partial charge on any atom is 0.306 e. The third kappa shape index (κ3) is 3.95. The molecule has 0 atom stereocenters. The van der Waals surface area contributed by atoms with Gasteiger partial charge < -0.3 is 4.74 Å². The fourth-order valence-electron chi connectivity index (χ4n) is 3.02. The smallest absolute Gasteiger partial charge is 0.306 e. The van der Waals surface area contributed by atoms with Crippen molar-refractivity contribution in [3.8, 4) is 0 Å². The van der Waals surface area contributed by atoms with Crippen LogP contribution in [0.2, 0.25) is 0 Å². The van der Waals surface area contributed by atoms with Crippen LogP contribution in [0.25, 0.3) is 0 Å². The quantitative estimate of drug-likeness (QED) is 0.719. The van der Waals surface area contributed by atoms with Crippen molar-refractivity contribution < 1.29 is 9.53 Å². The molecule has 0 unspecified atom stereocenters. The molecule has 0 radical (unpaired) electrons. The van der Waals surface area contributed by atoms with Crippen molar-refractivity contribution in [3.63, 3.8) is 0 Å². The summed E-state index contributed by atoms with van der Waals surface area (Å²) in [5, 5.41) is 5.02. The minimum absolute atomic E-state index is 0.0195. The molecule has 0 aromatic rings. The minimum atomic E-state index is -0.0195. The summed E-state index contributed by atoms with van der Waals surface area (Å²) in [7, 11) is 0. The van der Waals surface area contributed by atoms with Crippen molar-refractivity contribution in [2.24, 2.45) is 5.92 Å². The molecule has 18 heavy (non-hydrogen) atoms. The number of carbonyl (C=O) groups excluding carboxylic acids is 1. The topological polar surface area (TPSA) is 32.8 Å². The van der Waals surface area contributed by atoms with Gasteiger partial charge >= 0.3 is 5.97 Å². The number of rotatable bonds is 4. The predicted octanol–water partition coefficient (Wildman–Crippen LogP) is 2.05. The largest absolute Gasteiger partial charge is 0.466 e. The van der Waals surface area contributed by atoms with Gasteiger partial charge in [-0.3, -0.25) is 4.79 Å². The third-order valence-electron chi connectivity index (χ3n) is 4.08. The Morgan fingerprint density at radius 3 is 2.28 bits per heavy atom. The predicted molar refractivity (Wildman–Crippen MR) is 71.0 cm³/mol. The van der Waals surface area contributed by atoms with E-state index in [1.807, 2.05) is 6.92 Å². The van der Waals surface area contributed by atoms with Crippen LogP contribution in [0.3, 0.4) is 0 Å². The molecule has 0 saturated carbocycles. The first-order valence-electron chi connectivity index (χ1n) is 7.45. The summed E-state index contributed by atoms with van der Waals surface area (Å²) in [5.41, 5.74) is 0. The third-order valence-corrected chi connectivity index (χ3v) is 4.08. The molecule has 2 saturated heterocycles. The van der Waals surface area contributed by atoms with Crippen LogP contribution in [0.5, 0.6) is 0 Å². The van der Waals surface area contributed by atoms with Crippen LogP contribution in [0.15, 0.2) is 0 Å². The molecule has 0 bridgehead atoms. The Kier molecular flexibility index (Phi) is 5.45. The average Bonchev–Trinajstić information content (AvgIpc) is 2.41. The summed E-state index contributed by atoms with van der Waals surface area (Å²) in [6.45, 7) is 7.06. The highest BCUT2D eigenvalue weighted by Crippen LogP contribution is 2.23. The van der Waals surface area contributed by atoms with Gasteiger partial charge in [0.2, 0.25) is 0 Å². The minimum Gasteiger partial charge on any atom is -0.466 e. The fourth-order valence-corrected chi connectivity index (χ4v) is 3.02. The molecule has 2 aliphatic heterocycles. The summed E-state index contributed by atoms with van der Waals surface area (Å²) in [6, 6.07) is 0. The number of piperidine rings is 2. The standard InChI is InChI=1S/C14H26N2O2/c1-2-18-14(17)12-13-6-10-16(11-7-13)15-8-4-3-5-9-15/h13H,2-12H2,1H3. The Morgan fingerprint density at radius 2 is 1.67 bits per heavy atom. The van der Waals surface area contributed by atoms with E-state index >= 15 is 0 Å². The molecule has 2 aliphatic rings. The maximum absolute atomic E-state index is 11.4. The zero-order valence-electron chi connectivity index (χ0n) is 11.6. The summed E-state index contributed by atoms with van der Waals surface area (Å²) < 4.78 is 5.02. The monoisotopic (exact) mass is 254 g/mol. The van der Waals surface area contributed by atoms with E-state index < -0.39 is 0 Å². The number of carbonyl (C=O) groups is 1. The van der Waals surface area contributed by atoms with Crippen LogP contribution < -0.4 is 0 Å². The molecule has 0 aromatic carbocycles. The van der Waals surface area contributed by atoms with Crippen LogP contribution in [-0.4, -0.2) is 48.8 Å². The Bertz CT molecular complexity index is 257. The van der Waals surface area contributed by atoms with Crippen LogP contribution in [0, 0.1) is 5.92 Å². The summed E-state index contributed by atoms with van der Waals surface area (Å²) in [6.07, 6.45) is 6.94. The highest BCUT2D eigenvalue weighted by atomic mass is 16.5. The number of esters is 1. The summed E-state index contributed by atoms with van der Waals surface area (Å²) in [4.78, 5) is 11.4. The Hall–Kier alpha value is -0.610. The van der Waals surface area contributed by atoms with E-state index in [1.165, 1.54) is 32.4 Å². The molecular weight excluding hydrogens is 228 g/mol. The van der Waals surface area contributed by atoms with Gasteiger partial charge in [-0.15, -0.1) is 0 Å². The van der Waals surface area contributed by atoms with Gasteiger partial charge in [-0.05, 0) is 38.5 Å². The van der Waals surface area contributed by atoms with Crippen molar-refractivity contribution in [2.45, 2.75) is 45.4 Å². The molecule has 4 nitrogen and oxygen atoms in total. The van der Waals surface area contributed by atoms with Gasteiger partial charge in [0.25, 0.3) is 0 Å². The fraction of sp³-hybridized carbons (Fsp3) is 0.929.